The van der Waals surface area contributed by atoms with Gasteiger partial charge in [-0.05, 0) is 0 Å². The van der Waals surface area contributed by atoms with Crippen molar-refractivity contribution in [1.82, 2.24) is 10.5 Å². The average Bonchev–Trinajstić information content (AvgIpc) is 2.78. The van der Waals surface area contributed by atoms with Crippen molar-refractivity contribution in [2.24, 2.45) is 0 Å². The van der Waals surface area contributed by atoms with Crippen LogP contribution in [0.25, 0.3) is 0 Å². The van der Waals surface area contributed by atoms with Gasteiger partial charge >= 0.3 is 24.0 Å². The monoisotopic (exact) mass is 316 g/mol. The third-order valence-electron chi connectivity index (χ3n) is 1.35. The largest absolute Gasteiger partial charge is 0.490 e. The number of halogens is 3. The molecule has 0 aliphatic rings. The predicted octanol–water partition coefficient (Wildman–Crippen LogP) is 0.766. The van der Waals surface area contributed by atoms with Crippen LogP contribution >= 0.6 is 11.3 Å². The van der Waals surface area contributed by atoms with Gasteiger partial charge in [-0.2, -0.15) is 13.2 Å². The minimum absolute atomic E-state index is 0.0150. The molecule has 0 spiro atoms. The van der Waals surface area contributed by atoms with Gasteiger partial charge in [-0.25, -0.2) is 20.1 Å². The number of rotatable bonds is 3. The molecule has 1 aromatic heterocycles. The van der Waals surface area contributed by atoms with Crippen LogP contribution in [0.5, 0.6) is 0 Å². The van der Waals surface area contributed by atoms with Crippen molar-refractivity contribution in [3.05, 3.63) is 16.1 Å². The molecule has 0 radical (unpaired) electrons. The van der Waals surface area contributed by atoms with Gasteiger partial charge in [0.2, 0.25) is 0 Å². The number of carboxylic acids is 2. The molecule has 8 nitrogen and oxygen atoms in total. The van der Waals surface area contributed by atoms with Crippen molar-refractivity contribution in [3.8, 4) is 0 Å². The average molecular weight is 316 g/mol. The quantitative estimate of drug-likeness (QED) is 0.703. The summed E-state index contributed by atoms with van der Waals surface area (Å²) in [7, 11) is 1.28. The van der Waals surface area contributed by atoms with Gasteiger partial charge in [0.15, 0.2) is 5.01 Å². The fourth-order valence-electron chi connectivity index (χ4n) is 0.614. The third-order valence-corrected chi connectivity index (χ3v) is 2.33. The Morgan fingerprint density at radius 3 is 2.15 bits per heavy atom. The SMILES string of the molecule is CONC(=O)c1ncc(C(=O)O)s1.O=C(O)C(F)(F)F. The maximum absolute atomic E-state index is 11.0. The zero-order chi connectivity index (χ0) is 15.9. The Hall–Kier alpha value is -2.21. The van der Waals surface area contributed by atoms with E-state index in [0.717, 1.165) is 17.5 Å². The Bertz CT molecular complexity index is 501. The van der Waals surface area contributed by atoms with E-state index in [1.54, 1.807) is 0 Å². The fraction of sp³-hybridized carbons (Fsp3) is 0.250. The second kappa shape index (κ2) is 7.40. The van der Waals surface area contributed by atoms with Gasteiger partial charge in [-0.3, -0.25) is 9.63 Å². The van der Waals surface area contributed by atoms with E-state index < -0.39 is 24.0 Å². The lowest BCUT2D eigenvalue weighted by Gasteiger charge is -1.95. The molecule has 0 unspecified atom stereocenters. The second-order valence-electron chi connectivity index (χ2n) is 2.77. The molecule has 1 amide bonds. The highest BCUT2D eigenvalue weighted by molar-refractivity contribution is 7.15. The summed E-state index contributed by atoms with van der Waals surface area (Å²) in [5.74, 6) is -4.42. The molecular weight excluding hydrogens is 309 g/mol. The van der Waals surface area contributed by atoms with Gasteiger partial charge in [0.05, 0.1) is 13.3 Å². The number of carbonyl (C=O) groups is 3. The summed E-state index contributed by atoms with van der Waals surface area (Å²) in [6.45, 7) is 0. The number of amides is 1. The minimum atomic E-state index is -5.08. The normalized spacial score (nSPS) is 10.2. The molecule has 0 aliphatic heterocycles. The summed E-state index contributed by atoms with van der Waals surface area (Å²) in [6.07, 6.45) is -3.96. The van der Waals surface area contributed by atoms with Crippen LogP contribution in [0.2, 0.25) is 0 Å². The molecule has 0 aromatic carbocycles. The van der Waals surface area contributed by atoms with Crippen molar-refractivity contribution in [2.45, 2.75) is 6.18 Å². The van der Waals surface area contributed by atoms with Gasteiger partial charge in [-0.1, -0.05) is 0 Å². The van der Waals surface area contributed by atoms with Crippen molar-refractivity contribution < 1.29 is 42.6 Å². The van der Waals surface area contributed by atoms with Crippen LogP contribution in [-0.2, 0) is 9.63 Å². The van der Waals surface area contributed by atoms with E-state index in [1.807, 2.05) is 5.48 Å². The van der Waals surface area contributed by atoms with Crippen LogP contribution in [0.3, 0.4) is 0 Å². The third kappa shape index (κ3) is 6.10. The summed E-state index contributed by atoms with van der Waals surface area (Å²) in [5, 5.41) is 15.7. The van der Waals surface area contributed by atoms with Crippen molar-refractivity contribution in [1.29, 1.82) is 0 Å². The Kier molecular flexibility index (Phi) is 6.58. The number of nitrogens with one attached hydrogen (secondary N) is 1. The molecule has 3 N–H and O–H groups in total. The first-order chi connectivity index (χ1) is 9.09. The number of aliphatic carboxylic acids is 1. The number of alkyl halides is 3. The van der Waals surface area contributed by atoms with Crippen molar-refractivity contribution in [3.63, 3.8) is 0 Å². The lowest BCUT2D eigenvalue weighted by atomic mass is 10.6. The first-order valence-electron chi connectivity index (χ1n) is 4.42. The fourth-order valence-corrected chi connectivity index (χ4v) is 1.26. The van der Waals surface area contributed by atoms with Crippen LogP contribution < -0.4 is 5.48 Å². The maximum atomic E-state index is 11.0. The Morgan fingerprint density at radius 1 is 1.35 bits per heavy atom. The Morgan fingerprint density at radius 2 is 1.85 bits per heavy atom. The topological polar surface area (TPSA) is 126 Å². The number of hydroxylamine groups is 1. The number of aromatic nitrogens is 1. The van der Waals surface area contributed by atoms with Crippen LogP contribution in [0.1, 0.15) is 19.5 Å². The summed E-state index contributed by atoms with van der Waals surface area (Å²) < 4.78 is 31.7. The molecule has 0 saturated heterocycles. The van der Waals surface area contributed by atoms with Crippen LogP contribution in [0, 0.1) is 0 Å². The van der Waals surface area contributed by atoms with Gasteiger partial charge in [0.1, 0.15) is 4.88 Å². The van der Waals surface area contributed by atoms with Crippen LogP contribution in [-0.4, -0.2) is 46.3 Å². The molecule has 1 heterocycles. The number of hydrogen-bond acceptors (Lipinski definition) is 6. The molecule has 12 heteroatoms. The van der Waals surface area contributed by atoms with E-state index in [2.05, 4.69) is 9.82 Å². The summed E-state index contributed by atoms with van der Waals surface area (Å²) >= 11 is 0.786. The number of carboxylic acid groups (broad SMARTS) is 2. The van der Waals surface area contributed by atoms with Crippen molar-refractivity contribution in [2.75, 3.05) is 7.11 Å². The number of hydrogen-bond donors (Lipinski definition) is 3. The molecule has 0 aliphatic carbocycles. The lowest BCUT2D eigenvalue weighted by Crippen LogP contribution is -2.21. The zero-order valence-electron chi connectivity index (χ0n) is 9.59. The highest BCUT2D eigenvalue weighted by Crippen LogP contribution is 2.13. The van der Waals surface area contributed by atoms with Gasteiger partial charge in [0, 0.05) is 0 Å². The second-order valence-corrected chi connectivity index (χ2v) is 3.80. The summed E-state index contributed by atoms with van der Waals surface area (Å²) in [6, 6.07) is 0. The molecule has 0 bridgehead atoms. The van der Waals surface area contributed by atoms with Gasteiger partial charge in [-0.15, -0.1) is 11.3 Å². The van der Waals surface area contributed by atoms with Gasteiger partial charge < -0.3 is 10.2 Å². The Labute approximate surface area is 112 Å². The molecule has 0 atom stereocenters. The number of nitrogens with zero attached hydrogens (tertiary/aromatic N) is 1. The molecule has 1 rings (SSSR count). The van der Waals surface area contributed by atoms with Gasteiger partial charge in [0.25, 0.3) is 0 Å². The number of carbonyl (C=O) groups excluding carboxylic acids is 1. The summed E-state index contributed by atoms with van der Waals surface area (Å²) in [5.41, 5.74) is 2.03. The lowest BCUT2D eigenvalue weighted by molar-refractivity contribution is -0.192. The smallest absolute Gasteiger partial charge is 0.477 e. The van der Waals surface area contributed by atoms with Crippen molar-refractivity contribution >= 4 is 29.2 Å². The van der Waals surface area contributed by atoms with E-state index in [9.17, 15) is 22.8 Å². The molecule has 112 valence electrons. The van der Waals surface area contributed by atoms with E-state index in [4.69, 9.17) is 15.0 Å². The number of thiazole rings is 1. The predicted molar refractivity (Wildman–Crippen MR) is 57.2 cm³/mol. The highest BCUT2D eigenvalue weighted by atomic mass is 32.1. The zero-order valence-corrected chi connectivity index (χ0v) is 10.4. The molecular formula is C8H7F3N2O6S. The molecule has 0 fully saturated rings. The Balaban J connectivity index is 0.000000441. The highest BCUT2D eigenvalue weighted by Gasteiger charge is 2.38. The molecule has 1 aromatic rings. The molecule has 0 saturated carbocycles. The van der Waals surface area contributed by atoms with E-state index in [1.165, 1.54) is 7.11 Å². The standard InChI is InChI=1S/C6H6N2O4S.C2HF3O2/c1-12-8-4(9)5-7-2-3(13-5)6(10)11;3-2(4,5)1(6)7/h2H,1H3,(H,8,9)(H,10,11);(H,6,7). The first kappa shape index (κ1) is 17.8. The van der Waals surface area contributed by atoms with Crippen LogP contribution in [0.15, 0.2) is 6.20 Å². The van der Waals surface area contributed by atoms with Crippen LogP contribution in [0.4, 0.5) is 13.2 Å². The van der Waals surface area contributed by atoms with E-state index in [-0.39, 0.29) is 9.88 Å². The number of aromatic carboxylic acids is 1. The minimum Gasteiger partial charge on any atom is -0.477 e. The molecule has 20 heavy (non-hydrogen) atoms. The maximum Gasteiger partial charge on any atom is 0.490 e. The summed E-state index contributed by atoms with van der Waals surface area (Å²) in [4.78, 5) is 38.3. The van der Waals surface area contributed by atoms with E-state index >= 15 is 0 Å². The van der Waals surface area contributed by atoms with E-state index in [0.29, 0.717) is 0 Å². The first-order valence-corrected chi connectivity index (χ1v) is 5.23.